The Hall–Kier alpha value is -3.40. The predicted octanol–water partition coefficient (Wildman–Crippen LogP) is 5.85. The number of benzene rings is 4. The summed E-state index contributed by atoms with van der Waals surface area (Å²) >= 11 is 0. The second-order valence-corrected chi connectivity index (χ2v) is 18.7. The maximum atomic E-state index is 14.1. The molecule has 49 heavy (non-hydrogen) atoms. The maximum absolute atomic E-state index is 14.1. The molecule has 1 heterocycles. The molecule has 0 aromatic heterocycles. The number of amides is 2. The number of carbonyl (C=O) groups excluding carboxylic acids is 2. The molecule has 3 fully saturated rings. The molecule has 8 heteroatoms. The Morgan fingerprint density at radius 2 is 0.837 bits per heavy atom. The van der Waals surface area contributed by atoms with Crippen molar-refractivity contribution in [3.63, 3.8) is 0 Å². The minimum Gasteiger partial charge on any atom is -0.350 e. The molecule has 254 valence electrons. The van der Waals surface area contributed by atoms with Crippen LogP contribution in [-0.2, 0) is 19.1 Å². The molecule has 2 aliphatic carbocycles. The molecule has 6 atom stereocenters. The largest absolute Gasteiger partial charge is 0.350 e. The lowest BCUT2D eigenvalue weighted by atomic mass is 10.1. The number of carbonyl (C=O) groups is 2. The smallest absolute Gasteiger partial charge is 0.252 e. The van der Waals surface area contributed by atoms with Crippen molar-refractivity contribution in [2.24, 2.45) is 0 Å². The molecule has 2 N–H and O–H groups in total. The van der Waals surface area contributed by atoms with Crippen molar-refractivity contribution in [3.8, 4) is 0 Å². The van der Waals surface area contributed by atoms with Gasteiger partial charge in [0, 0.05) is 23.4 Å². The van der Waals surface area contributed by atoms with E-state index in [-0.39, 0.29) is 35.2 Å². The Bertz CT molecular complexity index is 1490. The van der Waals surface area contributed by atoms with Crippen LogP contribution in [0.4, 0.5) is 0 Å². The highest BCUT2D eigenvalue weighted by Gasteiger charge is 2.51. The van der Waals surface area contributed by atoms with Crippen molar-refractivity contribution in [2.75, 3.05) is 0 Å². The van der Waals surface area contributed by atoms with E-state index in [1.165, 1.54) is 21.2 Å². The van der Waals surface area contributed by atoms with Crippen LogP contribution in [0.3, 0.4) is 0 Å². The second-order valence-electron chi connectivity index (χ2n) is 13.8. The van der Waals surface area contributed by atoms with Gasteiger partial charge in [-0.05, 0) is 76.6 Å². The summed E-state index contributed by atoms with van der Waals surface area (Å²) in [6, 6.07) is 42.7. The van der Waals surface area contributed by atoms with Crippen molar-refractivity contribution in [3.05, 3.63) is 121 Å². The summed E-state index contributed by atoms with van der Waals surface area (Å²) in [5.74, 6) is -1.59. The van der Waals surface area contributed by atoms with Gasteiger partial charge in [0.15, 0.2) is 18.0 Å². The topological polar surface area (TPSA) is 76.7 Å². The van der Waals surface area contributed by atoms with E-state index in [0.717, 1.165) is 38.5 Å². The molecule has 7 rings (SSSR count). The van der Waals surface area contributed by atoms with Gasteiger partial charge in [-0.1, -0.05) is 134 Å². The molecule has 1 saturated heterocycles. The van der Waals surface area contributed by atoms with Crippen LogP contribution in [-0.4, -0.2) is 53.2 Å². The summed E-state index contributed by atoms with van der Waals surface area (Å²) in [6.07, 6.45) is 3.89. The fraction of sp³-hybridized carbons (Fsp3) is 0.366. The summed E-state index contributed by atoms with van der Waals surface area (Å²) in [6.45, 7) is 3.57. The highest BCUT2D eigenvalue weighted by Crippen LogP contribution is 2.49. The van der Waals surface area contributed by atoms with Crippen molar-refractivity contribution in [2.45, 2.75) is 93.8 Å². The average Bonchev–Trinajstić information content (AvgIpc) is 3.86. The summed E-state index contributed by atoms with van der Waals surface area (Å²) in [5.41, 5.74) is 0.557. The number of rotatable bonds is 10. The number of nitrogens with one attached hydrogen (secondary N) is 2. The van der Waals surface area contributed by atoms with Crippen LogP contribution >= 0.6 is 15.8 Å². The lowest BCUT2D eigenvalue weighted by Crippen LogP contribution is -2.53. The summed E-state index contributed by atoms with van der Waals surface area (Å²) in [7, 11) is -1.40. The van der Waals surface area contributed by atoms with Gasteiger partial charge in [-0.15, -0.1) is 0 Å². The van der Waals surface area contributed by atoms with Crippen molar-refractivity contribution in [1.82, 2.24) is 10.6 Å². The van der Waals surface area contributed by atoms with Gasteiger partial charge in [0.1, 0.15) is 0 Å². The molecule has 6 nitrogen and oxygen atoms in total. The lowest BCUT2D eigenvalue weighted by molar-refractivity contribution is -0.159. The zero-order valence-electron chi connectivity index (χ0n) is 28.3. The van der Waals surface area contributed by atoms with E-state index in [1.807, 2.05) is 0 Å². The minimum absolute atomic E-state index is 0.0189. The molecule has 2 saturated carbocycles. The molecule has 1 aliphatic heterocycles. The van der Waals surface area contributed by atoms with Crippen LogP contribution < -0.4 is 31.9 Å². The Labute approximate surface area is 292 Å². The van der Waals surface area contributed by atoms with Crippen molar-refractivity contribution < 1.29 is 19.1 Å². The summed E-state index contributed by atoms with van der Waals surface area (Å²) in [4.78, 5) is 28.3. The van der Waals surface area contributed by atoms with Gasteiger partial charge in [0.05, 0.1) is 0 Å². The monoisotopic (exact) mass is 692 g/mol. The summed E-state index contributed by atoms with van der Waals surface area (Å²) in [5, 5.41) is 12.0. The van der Waals surface area contributed by atoms with Gasteiger partial charge < -0.3 is 20.1 Å². The van der Waals surface area contributed by atoms with Gasteiger partial charge in [0.2, 0.25) is 0 Å². The first-order valence-electron chi connectivity index (χ1n) is 17.6. The van der Waals surface area contributed by atoms with Gasteiger partial charge >= 0.3 is 0 Å². The Kier molecular flexibility index (Phi) is 10.6. The van der Waals surface area contributed by atoms with Gasteiger partial charge in [0.25, 0.3) is 11.8 Å². The Balaban J connectivity index is 1.09. The van der Waals surface area contributed by atoms with E-state index in [0.29, 0.717) is 0 Å². The summed E-state index contributed by atoms with van der Waals surface area (Å²) < 4.78 is 12.4. The third-order valence-electron chi connectivity index (χ3n) is 10.0. The molecule has 4 aromatic carbocycles. The van der Waals surface area contributed by atoms with Crippen LogP contribution in [0.5, 0.6) is 0 Å². The van der Waals surface area contributed by atoms with E-state index in [1.54, 1.807) is 13.8 Å². The molecular formula is C41H46N2O4P2. The molecule has 3 aliphatic rings. The molecule has 0 radical (unpaired) electrons. The molecule has 0 bridgehead atoms. The van der Waals surface area contributed by atoms with Crippen LogP contribution in [0.25, 0.3) is 0 Å². The standard InChI is InChI=1S/C41H46N2O4P2/c1-41(2)46-37(39(44)42-33-25-15-27-35(33)48(29-17-7-3-8-18-29)30-19-9-4-10-20-30)38(47-41)40(45)43-34-26-16-28-36(34)49(31-21-11-5-12-22-31)32-23-13-6-14-24-32/h3-14,17-24,33-38H,15-16,25-28H2,1-2H3,(H,42,44)(H,43,45). The maximum Gasteiger partial charge on any atom is 0.252 e. The Morgan fingerprint density at radius 1 is 0.531 bits per heavy atom. The highest BCUT2D eigenvalue weighted by atomic mass is 31.1. The first kappa shape index (κ1) is 34.1. The third kappa shape index (κ3) is 7.69. The van der Waals surface area contributed by atoms with Gasteiger partial charge in [-0.2, -0.15) is 0 Å². The minimum atomic E-state index is -1.06. The van der Waals surface area contributed by atoms with E-state index >= 15 is 0 Å². The fourth-order valence-corrected chi connectivity index (χ4v) is 14.1. The first-order valence-corrected chi connectivity index (χ1v) is 20.5. The predicted molar refractivity (Wildman–Crippen MR) is 201 cm³/mol. The second kappa shape index (κ2) is 15.2. The van der Waals surface area contributed by atoms with E-state index < -0.39 is 33.8 Å². The normalized spacial score (nSPS) is 26.2. The van der Waals surface area contributed by atoms with Crippen LogP contribution in [0.1, 0.15) is 52.4 Å². The molecule has 6 unspecified atom stereocenters. The van der Waals surface area contributed by atoms with Crippen LogP contribution in [0, 0.1) is 0 Å². The first-order chi connectivity index (χ1) is 23.9. The van der Waals surface area contributed by atoms with Crippen molar-refractivity contribution >= 4 is 48.9 Å². The van der Waals surface area contributed by atoms with Crippen molar-refractivity contribution in [1.29, 1.82) is 0 Å². The lowest BCUT2D eigenvalue weighted by Gasteiger charge is -2.32. The zero-order chi connectivity index (χ0) is 33.8. The molecular weight excluding hydrogens is 646 g/mol. The van der Waals surface area contributed by atoms with Crippen LogP contribution in [0.15, 0.2) is 121 Å². The van der Waals surface area contributed by atoms with E-state index in [9.17, 15) is 9.59 Å². The SMILES string of the molecule is CC1(C)OC(C(=O)NC2CCCC2P(c2ccccc2)c2ccccc2)C(C(=O)NC2CCCC2P(c2ccccc2)c2ccccc2)O1. The number of hydrogen-bond donors (Lipinski definition) is 2. The van der Waals surface area contributed by atoms with Gasteiger partial charge in [-0.3, -0.25) is 9.59 Å². The number of ether oxygens (including phenoxy) is 2. The number of hydrogen-bond acceptors (Lipinski definition) is 4. The Morgan fingerprint density at radius 3 is 1.14 bits per heavy atom. The molecule has 4 aromatic rings. The van der Waals surface area contributed by atoms with Gasteiger partial charge in [-0.25, -0.2) is 0 Å². The third-order valence-corrected chi connectivity index (χ3v) is 16.0. The molecule has 2 amide bonds. The highest BCUT2D eigenvalue weighted by molar-refractivity contribution is 7.74. The van der Waals surface area contributed by atoms with E-state index in [4.69, 9.17) is 9.47 Å². The van der Waals surface area contributed by atoms with E-state index in [2.05, 4.69) is 132 Å². The molecule has 0 spiro atoms. The van der Waals surface area contributed by atoms with Crippen LogP contribution in [0.2, 0.25) is 0 Å². The zero-order valence-corrected chi connectivity index (χ0v) is 30.1. The fourth-order valence-electron chi connectivity index (χ4n) is 7.93. The quantitative estimate of drug-likeness (QED) is 0.205. The average molecular weight is 693 g/mol.